The molecule has 0 spiro atoms. The van der Waals surface area contributed by atoms with E-state index in [-0.39, 0.29) is 45.2 Å². The van der Waals surface area contributed by atoms with Crippen LogP contribution in [0.1, 0.15) is 129 Å². The summed E-state index contributed by atoms with van der Waals surface area (Å²) in [6.07, 6.45) is 17.9. The molecule has 308 valence electrons. The van der Waals surface area contributed by atoms with Crippen molar-refractivity contribution in [1.29, 1.82) is 0 Å². The molecule has 1 unspecified atom stereocenters. The zero-order chi connectivity index (χ0) is 40.5. The number of allylic oxidation sites excluding steroid dienone is 5. The van der Waals surface area contributed by atoms with Crippen molar-refractivity contribution in [3.05, 3.63) is 59.3 Å². The Morgan fingerprint density at radius 3 is 2.43 bits per heavy atom. The smallest absolute Gasteiger partial charge is 0.313 e. The van der Waals surface area contributed by atoms with Crippen molar-refractivity contribution < 1.29 is 29.3 Å². The Labute approximate surface area is 335 Å². The van der Waals surface area contributed by atoms with Crippen LogP contribution < -0.4 is 15.8 Å². The molecule has 5 N–H and O–H groups in total. The molecule has 1 amide bonds. The molecule has 6 aliphatic rings. The fourth-order valence-corrected chi connectivity index (χ4v) is 14.6. The number of carboxylic acids is 1. The summed E-state index contributed by atoms with van der Waals surface area (Å²) in [5.74, 6) is 1.34. The van der Waals surface area contributed by atoms with E-state index in [0.717, 1.165) is 19.3 Å². The maximum Gasteiger partial charge on any atom is 0.313 e. The Bertz CT molecular complexity index is 1790. The third-order valence-corrected chi connectivity index (χ3v) is 17.6. The van der Waals surface area contributed by atoms with E-state index >= 15 is 0 Å². The van der Waals surface area contributed by atoms with Crippen LogP contribution in [0.15, 0.2) is 53.8 Å². The van der Waals surface area contributed by atoms with Crippen LogP contribution in [0.2, 0.25) is 0 Å². The maximum absolute atomic E-state index is 12.8. The molecule has 9 heteroatoms. The lowest BCUT2D eigenvalue weighted by molar-refractivity contribution is -0.221. The van der Waals surface area contributed by atoms with Crippen LogP contribution >= 0.6 is 0 Å². The molecule has 0 aromatic carbocycles. The number of aromatic nitrogens is 1. The van der Waals surface area contributed by atoms with Crippen molar-refractivity contribution in [3.63, 3.8) is 0 Å². The van der Waals surface area contributed by atoms with E-state index in [1.165, 1.54) is 61.4 Å². The maximum atomic E-state index is 12.8. The van der Waals surface area contributed by atoms with Gasteiger partial charge in [-0.2, -0.15) is 0 Å². The third kappa shape index (κ3) is 6.32. The Balaban J connectivity index is 1.13. The van der Waals surface area contributed by atoms with Gasteiger partial charge in [0.1, 0.15) is 17.6 Å². The first kappa shape index (κ1) is 41.2. The number of carbonyl (C=O) groups is 2. The van der Waals surface area contributed by atoms with Crippen molar-refractivity contribution in [2.75, 3.05) is 26.9 Å². The number of pyridine rings is 1. The molecule has 0 aliphatic heterocycles. The minimum atomic E-state index is -1.11. The molecule has 0 radical (unpaired) electrons. The topological polar surface area (TPSA) is 144 Å². The molecule has 1 aromatic heterocycles. The van der Waals surface area contributed by atoms with Crippen LogP contribution in [-0.4, -0.2) is 65.6 Å². The first-order valence-electron chi connectivity index (χ1n) is 21.5. The SMILES string of the molecule is C=C(C)[C@@H]1CC[C@]2(NCC(O)COC)CC[C@]3(C)[C@H](CC[C@@H]4[C@@]5(C)CC=C(C6=CC[C@](COc7ncccc7C(N)=O)(C(=O)O)CC6)C(C)(C)[C@@H]5CC[C@]43C)[C@@H]12. The first-order chi connectivity index (χ1) is 26.4. The Hall–Kier alpha value is -3.01. The molecule has 9 nitrogen and oxygen atoms in total. The van der Waals surface area contributed by atoms with Gasteiger partial charge < -0.3 is 30.7 Å². The van der Waals surface area contributed by atoms with Crippen molar-refractivity contribution in [2.24, 2.45) is 62.4 Å². The number of aliphatic carboxylic acids is 1. The highest BCUT2D eigenvalue weighted by atomic mass is 16.5. The number of nitrogens with one attached hydrogen (secondary N) is 1. The number of ether oxygens (including phenoxy) is 2. The summed E-state index contributed by atoms with van der Waals surface area (Å²) in [6, 6.07) is 3.16. The lowest BCUT2D eigenvalue weighted by atomic mass is 9.33. The number of nitrogens with zero attached hydrogens (tertiary/aromatic N) is 1. The highest BCUT2D eigenvalue weighted by molar-refractivity contribution is 5.95. The molecule has 4 saturated carbocycles. The van der Waals surface area contributed by atoms with Gasteiger partial charge in [0.2, 0.25) is 5.88 Å². The molecular formula is C47H69N3O6. The number of hydrogen-bond donors (Lipinski definition) is 4. The number of carbonyl (C=O) groups excluding carboxylic acids is 1. The van der Waals surface area contributed by atoms with Crippen molar-refractivity contribution in [2.45, 2.75) is 130 Å². The van der Waals surface area contributed by atoms with Gasteiger partial charge in [0.15, 0.2) is 0 Å². The van der Waals surface area contributed by atoms with Gasteiger partial charge >= 0.3 is 5.97 Å². The number of methoxy groups -OCH3 is 1. The highest BCUT2D eigenvalue weighted by Gasteiger charge is 2.70. The molecule has 0 bridgehead atoms. The van der Waals surface area contributed by atoms with Crippen molar-refractivity contribution in [3.8, 4) is 5.88 Å². The van der Waals surface area contributed by atoms with Crippen LogP contribution in [0, 0.1) is 56.7 Å². The molecule has 4 fully saturated rings. The summed E-state index contributed by atoms with van der Waals surface area (Å²) in [5.41, 5.74) is 9.20. The number of hydrogen-bond acceptors (Lipinski definition) is 7. The van der Waals surface area contributed by atoms with E-state index < -0.39 is 23.4 Å². The van der Waals surface area contributed by atoms with Crippen LogP contribution in [0.5, 0.6) is 5.88 Å². The molecule has 7 rings (SSSR count). The summed E-state index contributed by atoms with van der Waals surface area (Å²) in [5, 5.41) is 25.2. The first-order valence-corrected chi connectivity index (χ1v) is 21.5. The summed E-state index contributed by atoms with van der Waals surface area (Å²) < 4.78 is 11.2. The van der Waals surface area contributed by atoms with Gasteiger partial charge in [0.05, 0.1) is 12.7 Å². The van der Waals surface area contributed by atoms with Gasteiger partial charge in [0, 0.05) is 25.4 Å². The van der Waals surface area contributed by atoms with Crippen LogP contribution in [0.3, 0.4) is 0 Å². The number of β-amino-alcohol motifs (C(OH)–C–C–N with tert-alkyl or cyclic N) is 1. The predicted octanol–water partition coefficient (Wildman–Crippen LogP) is 8.28. The van der Waals surface area contributed by atoms with Crippen molar-refractivity contribution >= 4 is 11.9 Å². The highest BCUT2D eigenvalue weighted by Crippen LogP contribution is 2.76. The number of fused-ring (bicyclic) bond motifs is 7. The van der Waals surface area contributed by atoms with Crippen LogP contribution in [0.25, 0.3) is 0 Å². The molecule has 6 aliphatic carbocycles. The zero-order valence-corrected chi connectivity index (χ0v) is 35.2. The second kappa shape index (κ2) is 14.7. The Morgan fingerprint density at radius 1 is 1.00 bits per heavy atom. The van der Waals surface area contributed by atoms with E-state index in [1.807, 2.05) is 0 Å². The number of primary amides is 1. The standard InChI is InChI=1S/C47H69N3O6/c1-29(2)32-15-22-47(50-26-31(51)27-55-8)24-23-44(6)35(38(32)47)11-12-37-43(5)18-16-34(42(3,4)36(43)17-19-45(37,44)7)30-13-20-46(21-14-30,41(53)54)28-56-40-33(39(48)52)10-9-25-49-40/h9-10,13,16,25,31-32,35-38,50-51H,1,11-12,14-15,17-24,26-28H2,2-8H3,(H2,48,52)(H,53,54)/t31?,32-,35+,36-,37+,38+,43-,44+,45+,46-,47-/m0/s1. The molecular weight excluding hydrogens is 703 g/mol. The Morgan fingerprint density at radius 2 is 1.77 bits per heavy atom. The van der Waals surface area contributed by atoms with E-state index in [2.05, 4.69) is 70.6 Å². The fraction of sp³-hybridized carbons (Fsp3) is 0.723. The van der Waals surface area contributed by atoms with Gasteiger partial charge in [-0.1, -0.05) is 58.9 Å². The summed E-state index contributed by atoms with van der Waals surface area (Å²) in [7, 11) is 1.66. The van der Waals surface area contributed by atoms with Gasteiger partial charge in [-0.3, -0.25) is 9.59 Å². The fourth-order valence-electron chi connectivity index (χ4n) is 14.6. The molecule has 11 atom stereocenters. The summed E-state index contributed by atoms with van der Waals surface area (Å²) >= 11 is 0. The van der Waals surface area contributed by atoms with E-state index in [1.54, 1.807) is 19.2 Å². The lowest BCUT2D eigenvalue weighted by Gasteiger charge is -2.72. The third-order valence-electron chi connectivity index (χ3n) is 17.6. The van der Waals surface area contributed by atoms with E-state index in [9.17, 15) is 19.8 Å². The number of amides is 1. The average molecular weight is 772 g/mol. The summed E-state index contributed by atoms with van der Waals surface area (Å²) in [4.78, 5) is 28.9. The second-order valence-corrected chi connectivity index (χ2v) is 20.4. The van der Waals surface area contributed by atoms with E-state index in [0.29, 0.717) is 62.0 Å². The molecule has 0 saturated heterocycles. The monoisotopic (exact) mass is 772 g/mol. The molecule has 56 heavy (non-hydrogen) atoms. The van der Waals surface area contributed by atoms with Crippen LogP contribution in [0.4, 0.5) is 0 Å². The van der Waals surface area contributed by atoms with Gasteiger partial charge in [-0.15, -0.1) is 0 Å². The molecule has 1 aromatic rings. The number of carboxylic acid groups (broad SMARTS) is 1. The second-order valence-electron chi connectivity index (χ2n) is 20.4. The van der Waals surface area contributed by atoms with Crippen LogP contribution in [-0.2, 0) is 9.53 Å². The van der Waals surface area contributed by atoms with Gasteiger partial charge in [-0.05, 0) is 159 Å². The normalized spacial score (nSPS) is 40.5. The van der Waals surface area contributed by atoms with Crippen molar-refractivity contribution in [1.82, 2.24) is 10.3 Å². The van der Waals surface area contributed by atoms with E-state index in [4.69, 9.17) is 15.2 Å². The minimum Gasteiger partial charge on any atom is -0.481 e. The minimum absolute atomic E-state index is 0.0419. The lowest BCUT2D eigenvalue weighted by Crippen LogP contribution is -2.68. The number of rotatable bonds is 12. The number of aliphatic hydroxyl groups excluding tert-OH is 1. The van der Waals surface area contributed by atoms with Gasteiger partial charge in [0.25, 0.3) is 5.91 Å². The average Bonchev–Trinajstić information content (AvgIpc) is 3.54. The summed E-state index contributed by atoms with van der Waals surface area (Å²) in [6.45, 7) is 20.6. The molecule has 1 heterocycles. The zero-order valence-electron chi connectivity index (χ0n) is 35.2. The number of aliphatic hydroxyl groups is 1. The van der Waals surface area contributed by atoms with Gasteiger partial charge in [-0.25, -0.2) is 4.98 Å². The number of nitrogens with two attached hydrogens (primary N) is 1. The predicted molar refractivity (Wildman–Crippen MR) is 219 cm³/mol. The quantitative estimate of drug-likeness (QED) is 0.156. The Kier molecular flexibility index (Phi) is 10.8. The largest absolute Gasteiger partial charge is 0.481 e.